The molecule has 0 unspecified atom stereocenters. The third-order valence-corrected chi connectivity index (χ3v) is 3.59. The Hall–Kier alpha value is -3.87. The third kappa shape index (κ3) is 2.43. The molecule has 0 fully saturated rings. The van der Waals surface area contributed by atoms with Crippen molar-refractivity contribution in [3.8, 4) is 11.5 Å². The van der Waals surface area contributed by atoms with Crippen molar-refractivity contribution in [2.75, 3.05) is 5.73 Å². The number of benzene rings is 1. The number of halogens is 1. The van der Waals surface area contributed by atoms with Crippen molar-refractivity contribution in [1.29, 1.82) is 0 Å². The van der Waals surface area contributed by atoms with Gasteiger partial charge in [-0.15, -0.1) is 6.57 Å². The highest BCUT2D eigenvalue weighted by Gasteiger charge is 2.21. The predicted octanol–water partition coefficient (Wildman–Crippen LogP) is 2.20. The molecule has 3 aromatic heterocycles. The van der Waals surface area contributed by atoms with E-state index < -0.39 is 5.82 Å². The lowest BCUT2D eigenvalue weighted by Crippen LogP contribution is -2.04. The monoisotopic (exact) mass is 336 g/mol. The molecule has 10 heteroatoms. The molecule has 0 bridgehead atoms. The van der Waals surface area contributed by atoms with E-state index in [4.69, 9.17) is 12.3 Å². The van der Waals surface area contributed by atoms with Crippen LogP contribution in [0.15, 0.2) is 35.2 Å². The zero-order chi connectivity index (χ0) is 17.4. The van der Waals surface area contributed by atoms with Crippen molar-refractivity contribution in [3.05, 3.63) is 53.4 Å². The first-order valence-corrected chi connectivity index (χ1v) is 7.09. The van der Waals surface area contributed by atoms with Crippen LogP contribution in [0.3, 0.4) is 0 Å². The average molecular weight is 336 g/mol. The molecule has 4 aromatic rings. The predicted molar refractivity (Wildman–Crippen MR) is 84.8 cm³/mol. The van der Waals surface area contributed by atoms with Crippen LogP contribution in [0.1, 0.15) is 5.56 Å². The molecule has 0 aliphatic heterocycles. The van der Waals surface area contributed by atoms with Gasteiger partial charge >= 0.3 is 5.95 Å². The second kappa shape index (κ2) is 5.64. The molecular formula is C15H9FN8O. The first kappa shape index (κ1) is 14.7. The summed E-state index contributed by atoms with van der Waals surface area (Å²) in [6.07, 6.45) is 3.05. The van der Waals surface area contributed by atoms with E-state index in [1.165, 1.54) is 18.5 Å². The van der Waals surface area contributed by atoms with Crippen LogP contribution in [0.2, 0.25) is 0 Å². The minimum atomic E-state index is -0.466. The average Bonchev–Trinajstić information content (AvgIpc) is 3.20. The van der Waals surface area contributed by atoms with E-state index in [1.54, 1.807) is 16.7 Å². The molecule has 0 aliphatic carbocycles. The van der Waals surface area contributed by atoms with E-state index in [2.05, 4.69) is 34.7 Å². The van der Waals surface area contributed by atoms with Gasteiger partial charge in [-0.25, -0.2) is 14.0 Å². The maximum absolute atomic E-state index is 14.1. The number of fused-ring (bicyclic) bond motifs is 1. The fourth-order valence-corrected chi connectivity index (χ4v) is 2.47. The van der Waals surface area contributed by atoms with Crippen LogP contribution in [-0.4, -0.2) is 29.8 Å². The zero-order valence-corrected chi connectivity index (χ0v) is 12.6. The van der Waals surface area contributed by atoms with Crippen molar-refractivity contribution in [2.24, 2.45) is 0 Å². The number of anilines is 1. The molecule has 0 aliphatic rings. The van der Waals surface area contributed by atoms with Gasteiger partial charge in [-0.05, 0) is 22.4 Å². The number of hydrogen-bond donors (Lipinski definition) is 1. The van der Waals surface area contributed by atoms with Crippen LogP contribution in [0.5, 0.6) is 0 Å². The Morgan fingerprint density at radius 1 is 1.24 bits per heavy atom. The minimum absolute atomic E-state index is 0.0513. The maximum atomic E-state index is 14.1. The number of nitrogens with zero attached hydrogens (tertiary/aromatic N) is 7. The molecular weight excluding hydrogens is 327 g/mol. The summed E-state index contributed by atoms with van der Waals surface area (Å²) in [7, 11) is 0. The highest BCUT2D eigenvalue weighted by atomic mass is 19.1. The molecule has 0 spiro atoms. The molecule has 0 saturated carbocycles. The Labute approximate surface area is 139 Å². The summed E-state index contributed by atoms with van der Waals surface area (Å²) in [6.45, 7) is 7.18. The minimum Gasteiger partial charge on any atom is -0.394 e. The number of para-hydroxylation sites is 1. The van der Waals surface area contributed by atoms with Crippen molar-refractivity contribution < 1.29 is 9.02 Å². The molecule has 0 amide bonds. The van der Waals surface area contributed by atoms with Gasteiger partial charge in [-0.1, -0.05) is 6.07 Å². The van der Waals surface area contributed by atoms with Crippen LogP contribution in [0.4, 0.5) is 16.2 Å². The van der Waals surface area contributed by atoms with E-state index in [-0.39, 0.29) is 29.5 Å². The molecule has 2 N–H and O–H groups in total. The third-order valence-electron chi connectivity index (χ3n) is 3.59. The fourth-order valence-electron chi connectivity index (χ4n) is 2.47. The summed E-state index contributed by atoms with van der Waals surface area (Å²) < 4.78 is 20.5. The lowest BCUT2D eigenvalue weighted by molar-refractivity contribution is 0.310. The largest absolute Gasteiger partial charge is 0.394 e. The second-order valence-corrected chi connectivity index (χ2v) is 5.13. The number of hydrogen-bond acceptors (Lipinski definition) is 7. The van der Waals surface area contributed by atoms with Gasteiger partial charge in [0.05, 0.1) is 24.5 Å². The van der Waals surface area contributed by atoms with Crippen LogP contribution in [-0.2, 0) is 6.54 Å². The van der Waals surface area contributed by atoms with Crippen molar-refractivity contribution in [2.45, 2.75) is 6.54 Å². The Balaban J connectivity index is 1.90. The fraction of sp³-hybridized carbons (Fsp3) is 0.0667. The molecule has 9 nitrogen and oxygen atoms in total. The Morgan fingerprint density at radius 3 is 2.72 bits per heavy atom. The Kier molecular flexibility index (Phi) is 3.32. The molecule has 0 radical (unpaired) electrons. The van der Waals surface area contributed by atoms with E-state index in [0.717, 1.165) is 0 Å². The lowest BCUT2D eigenvalue weighted by atomic mass is 10.3. The number of aromatic nitrogens is 6. The van der Waals surface area contributed by atoms with E-state index in [9.17, 15) is 4.39 Å². The first-order chi connectivity index (χ1) is 12.2. The van der Waals surface area contributed by atoms with Crippen LogP contribution < -0.4 is 5.73 Å². The van der Waals surface area contributed by atoms with Gasteiger partial charge in [0.2, 0.25) is 0 Å². The van der Waals surface area contributed by atoms with E-state index in [1.807, 2.05) is 0 Å². The number of nitrogens with two attached hydrogens (primary N) is 1. The number of nitrogen functional groups attached to an aromatic ring is 1. The number of imidazole rings is 1. The van der Waals surface area contributed by atoms with Crippen LogP contribution in [0.25, 0.3) is 27.4 Å². The van der Waals surface area contributed by atoms with Gasteiger partial charge in [0.25, 0.3) is 0 Å². The summed E-state index contributed by atoms with van der Waals surface area (Å²) in [6, 6.07) is 4.64. The Bertz CT molecular complexity index is 1110. The quantitative estimate of drug-likeness (QED) is 0.570. The van der Waals surface area contributed by atoms with Gasteiger partial charge in [0.1, 0.15) is 5.52 Å². The Morgan fingerprint density at radius 2 is 2.04 bits per heavy atom. The van der Waals surface area contributed by atoms with Crippen molar-refractivity contribution in [3.63, 3.8) is 0 Å². The standard InChI is InChI=1S/C15H9FN8O/c1-18-15-19-5-8(6-20-15)7-24-10-4-2-3-9(16)11(10)21-14(24)12-13(17)23-25-22-12/h2-6H,7H2,(H2,17,23). The molecule has 3 heterocycles. The van der Waals surface area contributed by atoms with E-state index in [0.29, 0.717) is 16.9 Å². The van der Waals surface area contributed by atoms with Gasteiger partial charge in [-0.3, -0.25) is 0 Å². The summed E-state index contributed by atoms with van der Waals surface area (Å²) >= 11 is 0. The highest BCUT2D eigenvalue weighted by molar-refractivity contribution is 5.82. The zero-order valence-electron chi connectivity index (χ0n) is 12.6. The maximum Gasteiger partial charge on any atom is 0.371 e. The first-order valence-electron chi connectivity index (χ1n) is 7.09. The topological polar surface area (TPSA) is 113 Å². The summed E-state index contributed by atoms with van der Waals surface area (Å²) in [5.74, 6) is -0.0488. The summed E-state index contributed by atoms with van der Waals surface area (Å²) in [4.78, 5) is 15.3. The van der Waals surface area contributed by atoms with Gasteiger partial charge in [0, 0.05) is 5.56 Å². The highest BCUT2D eigenvalue weighted by Crippen LogP contribution is 2.28. The molecule has 0 saturated heterocycles. The summed E-state index contributed by atoms with van der Waals surface area (Å²) in [5.41, 5.74) is 7.41. The van der Waals surface area contributed by atoms with Gasteiger partial charge < -0.3 is 15.1 Å². The van der Waals surface area contributed by atoms with Crippen LogP contribution >= 0.6 is 0 Å². The molecule has 4 rings (SSSR count). The summed E-state index contributed by atoms with van der Waals surface area (Å²) in [5, 5.41) is 7.30. The normalized spacial score (nSPS) is 10.9. The SMILES string of the molecule is [C-]#[N+]c1ncc(Cn2c(-c3nonc3N)nc3c(F)cccc32)cn1. The van der Waals surface area contributed by atoms with Crippen LogP contribution in [0, 0.1) is 12.4 Å². The second-order valence-electron chi connectivity index (χ2n) is 5.13. The van der Waals surface area contributed by atoms with E-state index >= 15 is 0 Å². The van der Waals surface area contributed by atoms with Crippen molar-refractivity contribution >= 4 is 22.8 Å². The lowest BCUT2D eigenvalue weighted by Gasteiger charge is -2.06. The van der Waals surface area contributed by atoms with Crippen molar-refractivity contribution in [1.82, 2.24) is 29.8 Å². The smallest absolute Gasteiger partial charge is 0.371 e. The van der Waals surface area contributed by atoms with Gasteiger partial charge in [0.15, 0.2) is 23.2 Å². The molecule has 122 valence electrons. The number of rotatable bonds is 3. The molecule has 1 aromatic carbocycles. The molecule has 25 heavy (non-hydrogen) atoms. The van der Waals surface area contributed by atoms with Gasteiger partial charge in [-0.2, -0.15) is 9.97 Å². The molecule has 0 atom stereocenters.